The van der Waals surface area contributed by atoms with Crippen LogP contribution in [0.2, 0.25) is 0 Å². The van der Waals surface area contributed by atoms with Crippen molar-refractivity contribution in [2.75, 3.05) is 0 Å². The number of carbonyl (C=O) groups excluding carboxylic acids is 2. The van der Waals surface area contributed by atoms with E-state index in [0.29, 0.717) is 35.2 Å². The summed E-state index contributed by atoms with van der Waals surface area (Å²) in [4.78, 5) is 36.9. The molecule has 3 rings (SSSR count). The lowest BCUT2D eigenvalue weighted by Gasteiger charge is -2.39. The Labute approximate surface area is 176 Å². The highest BCUT2D eigenvalue weighted by Crippen LogP contribution is 2.47. The quantitative estimate of drug-likeness (QED) is 0.445. The largest absolute Gasteiger partial charge is 0.457 e. The van der Waals surface area contributed by atoms with Crippen molar-refractivity contribution < 1.29 is 19.2 Å². The maximum absolute atomic E-state index is 13.2. The van der Waals surface area contributed by atoms with Gasteiger partial charge in [-0.25, -0.2) is 4.79 Å². The van der Waals surface area contributed by atoms with Gasteiger partial charge in [0.25, 0.3) is 5.69 Å². The highest BCUT2D eigenvalue weighted by Gasteiger charge is 2.43. The first kappa shape index (κ1) is 21.7. The SMILES string of the molecule is CC1=C(C(=O)OC(C)(C)C)C(c2ccc([N+](=O)[O-])cc2)C2=C(CC(C)(C)CC2=O)N1. The van der Waals surface area contributed by atoms with Gasteiger partial charge in [0.15, 0.2) is 5.78 Å². The van der Waals surface area contributed by atoms with E-state index < -0.39 is 22.4 Å². The van der Waals surface area contributed by atoms with Crippen LogP contribution in [0.25, 0.3) is 0 Å². The third-order valence-corrected chi connectivity index (χ3v) is 5.30. The Balaban J connectivity index is 2.16. The molecule has 1 aliphatic heterocycles. The number of nitro benzene ring substituents is 1. The predicted molar refractivity (Wildman–Crippen MR) is 113 cm³/mol. The molecule has 1 atom stereocenters. The molecule has 0 spiro atoms. The van der Waals surface area contributed by atoms with Crippen molar-refractivity contribution in [3.05, 3.63) is 62.5 Å². The van der Waals surface area contributed by atoms with Gasteiger partial charge < -0.3 is 10.1 Å². The average molecular weight is 412 g/mol. The number of nitrogens with zero attached hydrogens (tertiary/aromatic N) is 1. The molecular formula is C23H28N2O5. The molecule has 160 valence electrons. The zero-order valence-corrected chi connectivity index (χ0v) is 18.3. The Morgan fingerprint density at radius 1 is 1.20 bits per heavy atom. The number of allylic oxidation sites excluding steroid dienone is 3. The molecule has 0 aromatic heterocycles. The Morgan fingerprint density at radius 2 is 1.80 bits per heavy atom. The van der Waals surface area contributed by atoms with Crippen LogP contribution in [-0.2, 0) is 14.3 Å². The van der Waals surface area contributed by atoms with Crippen molar-refractivity contribution in [3.8, 4) is 0 Å². The molecule has 0 saturated carbocycles. The molecule has 1 heterocycles. The van der Waals surface area contributed by atoms with E-state index in [1.165, 1.54) is 12.1 Å². The van der Waals surface area contributed by atoms with Gasteiger partial charge in [-0.3, -0.25) is 14.9 Å². The summed E-state index contributed by atoms with van der Waals surface area (Å²) in [5.41, 5.74) is 2.09. The van der Waals surface area contributed by atoms with Gasteiger partial charge in [0.1, 0.15) is 5.60 Å². The molecular weight excluding hydrogens is 384 g/mol. The minimum Gasteiger partial charge on any atom is -0.457 e. The number of nitrogens with one attached hydrogen (secondary N) is 1. The Bertz CT molecular complexity index is 978. The second-order valence-electron chi connectivity index (χ2n) is 9.78. The average Bonchev–Trinajstić information content (AvgIpc) is 2.57. The van der Waals surface area contributed by atoms with Crippen LogP contribution < -0.4 is 5.32 Å². The first-order valence-electron chi connectivity index (χ1n) is 10.0. The van der Waals surface area contributed by atoms with Crippen molar-refractivity contribution in [2.24, 2.45) is 5.41 Å². The number of dihydropyridines is 1. The van der Waals surface area contributed by atoms with Crippen molar-refractivity contribution in [1.29, 1.82) is 0 Å². The maximum Gasteiger partial charge on any atom is 0.337 e. The highest BCUT2D eigenvalue weighted by atomic mass is 16.6. The van der Waals surface area contributed by atoms with Gasteiger partial charge in [-0.05, 0) is 45.1 Å². The molecule has 0 fully saturated rings. The van der Waals surface area contributed by atoms with E-state index in [-0.39, 0.29) is 16.9 Å². The van der Waals surface area contributed by atoms with Gasteiger partial charge in [0.05, 0.1) is 10.5 Å². The van der Waals surface area contributed by atoms with E-state index in [1.807, 2.05) is 13.8 Å². The Hall–Kier alpha value is -2.96. The van der Waals surface area contributed by atoms with Gasteiger partial charge >= 0.3 is 5.97 Å². The van der Waals surface area contributed by atoms with E-state index in [1.54, 1.807) is 39.8 Å². The van der Waals surface area contributed by atoms with Crippen LogP contribution in [0.15, 0.2) is 46.8 Å². The molecule has 1 N–H and O–H groups in total. The fourth-order valence-corrected chi connectivity index (χ4v) is 4.16. The van der Waals surface area contributed by atoms with E-state index in [4.69, 9.17) is 4.74 Å². The summed E-state index contributed by atoms with van der Waals surface area (Å²) in [5.74, 6) is -1.15. The molecule has 0 radical (unpaired) electrons. The van der Waals surface area contributed by atoms with Crippen molar-refractivity contribution in [3.63, 3.8) is 0 Å². The third kappa shape index (κ3) is 4.30. The second-order valence-corrected chi connectivity index (χ2v) is 9.78. The molecule has 7 nitrogen and oxygen atoms in total. The van der Waals surface area contributed by atoms with Crippen LogP contribution in [0.1, 0.15) is 65.9 Å². The number of rotatable bonds is 3. The van der Waals surface area contributed by atoms with Crippen LogP contribution in [-0.4, -0.2) is 22.3 Å². The minimum atomic E-state index is -0.697. The zero-order chi connectivity index (χ0) is 22.4. The topological polar surface area (TPSA) is 98.5 Å². The normalized spacial score (nSPS) is 21.1. The van der Waals surface area contributed by atoms with Crippen LogP contribution in [0.5, 0.6) is 0 Å². The molecule has 0 saturated heterocycles. The molecule has 0 bridgehead atoms. The first-order chi connectivity index (χ1) is 13.8. The van der Waals surface area contributed by atoms with Gasteiger partial charge in [0, 0.05) is 41.4 Å². The number of non-ortho nitro benzene ring substituents is 1. The smallest absolute Gasteiger partial charge is 0.337 e. The van der Waals surface area contributed by atoms with E-state index in [9.17, 15) is 19.7 Å². The Kier molecular flexibility index (Phi) is 5.35. The summed E-state index contributed by atoms with van der Waals surface area (Å²) in [6.45, 7) is 11.2. The first-order valence-corrected chi connectivity index (χ1v) is 10.0. The number of benzene rings is 1. The summed E-state index contributed by atoms with van der Waals surface area (Å²) in [6, 6.07) is 6.03. The number of ketones is 1. The van der Waals surface area contributed by atoms with Crippen LogP contribution in [0.4, 0.5) is 5.69 Å². The number of ether oxygens (including phenoxy) is 1. The second kappa shape index (κ2) is 7.38. The van der Waals surface area contributed by atoms with E-state index in [0.717, 1.165) is 5.70 Å². The summed E-state index contributed by atoms with van der Waals surface area (Å²) < 4.78 is 5.64. The lowest BCUT2D eigenvalue weighted by molar-refractivity contribution is -0.384. The number of esters is 1. The molecule has 1 aliphatic carbocycles. The summed E-state index contributed by atoms with van der Waals surface area (Å²) in [7, 11) is 0. The lowest BCUT2D eigenvalue weighted by Crippen LogP contribution is -2.39. The molecule has 7 heteroatoms. The summed E-state index contributed by atoms with van der Waals surface area (Å²) in [5, 5.41) is 14.3. The Morgan fingerprint density at radius 3 is 2.33 bits per heavy atom. The summed E-state index contributed by atoms with van der Waals surface area (Å²) >= 11 is 0. The number of hydrogen-bond donors (Lipinski definition) is 1. The third-order valence-electron chi connectivity index (χ3n) is 5.30. The minimum absolute atomic E-state index is 0.0225. The van der Waals surface area contributed by atoms with Crippen LogP contribution in [0, 0.1) is 15.5 Å². The molecule has 1 unspecified atom stereocenters. The van der Waals surface area contributed by atoms with Crippen molar-refractivity contribution in [1.82, 2.24) is 5.32 Å². The number of Topliss-reactive ketones (excluding diaryl/α,β-unsaturated/α-hetero) is 1. The standard InChI is InChI=1S/C23H28N2O5/c1-13-18(21(27)30-22(2,3)4)19(14-7-9-15(10-8-14)25(28)29)20-16(24-13)11-23(5,6)12-17(20)26/h7-10,19,24H,11-12H2,1-6H3. The van der Waals surface area contributed by atoms with E-state index >= 15 is 0 Å². The fraction of sp³-hybridized carbons (Fsp3) is 0.478. The fourth-order valence-electron chi connectivity index (χ4n) is 4.16. The van der Waals surface area contributed by atoms with Gasteiger partial charge in [-0.2, -0.15) is 0 Å². The number of hydrogen-bond acceptors (Lipinski definition) is 6. The van der Waals surface area contributed by atoms with Crippen LogP contribution >= 0.6 is 0 Å². The molecule has 1 aromatic rings. The zero-order valence-electron chi connectivity index (χ0n) is 18.3. The summed E-state index contributed by atoms with van der Waals surface area (Å²) in [6.07, 6.45) is 1.05. The van der Waals surface area contributed by atoms with Crippen molar-refractivity contribution in [2.45, 2.75) is 65.9 Å². The maximum atomic E-state index is 13.2. The van der Waals surface area contributed by atoms with E-state index in [2.05, 4.69) is 5.32 Å². The molecule has 30 heavy (non-hydrogen) atoms. The van der Waals surface area contributed by atoms with Gasteiger partial charge in [-0.1, -0.05) is 26.0 Å². The van der Waals surface area contributed by atoms with Crippen molar-refractivity contribution >= 4 is 17.4 Å². The van der Waals surface area contributed by atoms with Gasteiger partial charge in [0.2, 0.25) is 0 Å². The van der Waals surface area contributed by atoms with Gasteiger partial charge in [-0.15, -0.1) is 0 Å². The molecule has 0 amide bonds. The molecule has 2 aliphatic rings. The predicted octanol–water partition coefficient (Wildman–Crippen LogP) is 4.54. The molecule has 1 aromatic carbocycles. The monoisotopic (exact) mass is 412 g/mol. The highest BCUT2D eigenvalue weighted by molar-refractivity contribution is 6.04. The van der Waals surface area contributed by atoms with Crippen LogP contribution in [0.3, 0.4) is 0 Å². The lowest BCUT2D eigenvalue weighted by atomic mass is 9.68. The number of carbonyl (C=O) groups is 2. The number of nitro groups is 1.